The number of pyridine rings is 1. The summed E-state index contributed by atoms with van der Waals surface area (Å²) in [5.41, 5.74) is 2.32. The summed E-state index contributed by atoms with van der Waals surface area (Å²) in [6, 6.07) is 21.6. The number of amides is 2. The predicted octanol–water partition coefficient (Wildman–Crippen LogP) is 7.83. The van der Waals surface area contributed by atoms with Crippen molar-refractivity contribution in [3.05, 3.63) is 96.2 Å². The number of carbonyl (C=O) groups excluding carboxylic acids is 1. The monoisotopic (exact) mass is 669 g/mol. The number of carboxylic acid groups (broad SMARTS) is 1. The normalized spacial score (nSPS) is 11.8. The van der Waals surface area contributed by atoms with Crippen LogP contribution in [-0.4, -0.2) is 44.8 Å². The van der Waals surface area contributed by atoms with E-state index >= 15 is 0 Å². The smallest absolute Gasteiger partial charge is 0.339 e. The Morgan fingerprint density at radius 1 is 0.875 bits per heavy atom. The molecule has 13 heteroatoms. The topological polar surface area (TPSA) is 171 Å². The zero-order valence-corrected chi connectivity index (χ0v) is 27.7. The number of rotatable bonds is 10. The van der Waals surface area contributed by atoms with Crippen LogP contribution < -0.4 is 30.1 Å². The number of fused-ring (bicyclic) bond motifs is 1. The summed E-state index contributed by atoms with van der Waals surface area (Å²) in [5.74, 6) is 0.144. The number of aromatic hydroxyl groups is 1. The van der Waals surface area contributed by atoms with Gasteiger partial charge in [0.1, 0.15) is 39.6 Å². The largest absolute Gasteiger partial charge is 0.507 e. The second-order valence-corrected chi connectivity index (χ2v) is 12.9. The molecule has 4 aromatic carbocycles. The molecular formula is C35H35N5O7S. The number of carboxylic acids is 1. The minimum atomic E-state index is -1.37. The maximum Gasteiger partial charge on any atom is 0.339 e. The second kappa shape index (κ2) is 13.9. The first-order valence-electron chi connectivity index (χ1n) is 14.7. The van der Waals surface area contributed by atoms with Gasteiger partial charge >= 0.3 is 12.0 Å². The zero-order chi connectivity index (χ0) is 34.6. The Labute approximate surface area is 279 Å². The van der Waals surface area contributed by atoms with Crippen molar-refractivity contribution in [2.24, 2.45) is 0 Å². The van der Waals surface area contributed by atoms with Crippen LogP contribution in [0.5, 0.6) is 23.0 Å². The number of nitrogens with one attached hydrogen (secondary N) is 4. The van der Waals surface area contributed by atoms with Crippen molar-refractivity contribution in [3.63, 3.8) is 0 Å². The highest BCUT2D eigenvalue weighted by Crippen LogP contribution is 2.40. The molecule has 1 unspecified atom stereocenters. The molecule has 0 aliphatic carbocycles. The van der Waals surface area contributed by atoms with Gasteiger partial charge in [0.2, 0.25) is 0 Å². The first kappa shape index (κ1) is 33.5. The van der Waals surface area contributed by atoms with Gasteiger partial charge in [0.15, 0.2) is 5.75 Å². The average molecular weight is 670 g/mol. The van der Waals surface area contributed by atoms with E-state index < -0.39 is 23.0 Å². The summed E-state index contributed by atoms with van der Waals surface area (Å²) in [5, 5.41) is 29.5. The first-order valence-corrected chi connectivity index (χ1v) is 16.3. The maximum atomic E-state index is 13.4. The number of benzene rings is 4. The van der Waals surface area contributed by atoms with Gasteiger partial charge in [-0.1, -0.05) is 45.0 Å². The predicted molar refractivity (Wildman–Crippen MR) is 189 cm³/mol. The first-order chi connectivity index (χ1) is 22.8. The van der Waals surface area contributed by atoms with Gasteiger partial charge in [-0.15, -0.1) is 0 Å². The molecule has 0 saturated carbocycles. The fourth-order valence-corrected chi connectivity index (χ4v) is 5.42. The molecule has 0 bridgehead atoms. The number of anilines is 5. The van der Waals surface area contributed by atoms with Gasteiger partial charge in [-0.3, -0.25) is 0 Å². The van der Waals surface area contributed by atoms with Gasteiger partial charge < -0.3 is 40.4 Å². The van der Waals surface area contributed by atoms with Crippen molar-refractivity contribution in [1.82, 2.24) is 4.98 Å². The van der Waals surface area contributed by atoms with Crippen LogP contribution in [0.15, 0.2) is 85.1 Å². The summed E-state index contributed by atoms with van der Waals surface area (Å²) in [6.07, 6.45) is 3.07. The molecule has 0 radical (unpaired) electrons. The van der Waals surface area contributed by atoms with Crippen LogP contribution in [0.1, 0.15) is 36.7 Å². The van der Waals surface area contributed by atoms with E-state index in [1.807, 2.05) is 57.2 Å². The summed E-state index contributed by atoms with van der Waals surface area (Å²) in [4.78, 5) is 28.9. The molecule has 0 aliphatic rings. The number of hydrogen-bond acceptors (Lipinski definition) is 8. The Bertz CT molecular complexity index is 2040. The summed E-state index contributed by atoms with van der Waals surface area (Å²) in [7, 11) is 0.115. The lowest BCUT2D eigenvalue weighted by atomic mass is 9.86. The molecule has 1 heterocycles. The van der Waals surface area contributed by atoms with Gasteiger partial charge in [-0.05, 0) is 53.4 Å². The minimum absolute atomic E-state index is 0.209. The number of methoxy groups -OCH3 is 1. The van der Waals surface area contributed by atoms with Crippen LogP contribution in [0.4, 0.5) is 33.4 Å². The van der Waals surface area contributed by atoms with E-state index in [1.165, 1.54) is 31.6 Å². The number of phenols is 1. The van der Waals surface area contributed by atoms with Gasteiger partial charge in [0.05, 0.1) is 24.2 Å². The quantitative estimate of drug-likeness (QED) is 0.0867. The van der Waals surface area contributed by atoms with Gasteiger partial charge in [0.25, 0.3) is 0 Å². The molecule has 1 atom stereocenters. The third-order valence-electron chi connectivity index (χ3n) is 7.25. The number of nitrogens with zero attached hydrogens (tertiary/aromatic N) is 1. The van der Waals surface area contributed by atoms with E-state index in [4.69, 9.17) is 14.6 Å². The highest BCUT2D eigenvalue weighted by molar-refractivity contribution is 7.85. The number of ether oxygens (including phenoxy) is 2. The van der Waals surface area contributed by atoms with E-state index in [0.29, 0.717) is 45.8 Å². The number of aromatic nitrogens is 1. The summed E-state index contributed by atoms with van der Waals surface area (Å²) in [6.45, 7) is 6.12. The molecule has 6 N–H and O–H groups in total. The van der Waals surface area contributed by atoms with Crippen molar-refractivity contribution < 1.29 is 33.5 Å². The fourth-order valence-electron chi connectivity index (χ4n) is 4.96. The van der Waals surface area contributed by atoms with Crippen molar-refractivity contribution in [2.45, 2.75) is 26.2 Å². The third-order valence-corrected chi connectivity index (χ3v) is 7.76. The van der Waals surface area contributed by atoms with Crippen LogP contribution in [0.3, 0.4) is 0 Å². The molecular weight excluding hydrogens is 634 g/mol. The minimum Gasteiger partial charge on any atom is -0.507 e. The summed E-state index contributed by atoms with van der Waals surface area (Å²) < 4.78 is 26.8. The van der Waals surface area contributed by atoms with Crippen molar-refractivity contribution in [2.75, 3.05) is 34.0 Å². The summed E-state index contributed by atoms with van der Waals surface area (Å²) >= 11 is 0. The number of hydrogen-bond donors (Lipinski definition) is 6. The Kier molecular flexibility index (Phi) is 9.71. The fraction of sp³-hybridized carbons (Fsp3) is 0.171. The molecule has 12 nitrogen and oxygen atoms in total. The van der Waals surface area contributed by atoms with E-state index in [2.05, 4.69) is 25.7 Å². The van der Waals surface area contributed by atoms with Gasteiger partial charge in [-0.2, -0.15) is 0 Å². The van der Waals surface area contributed by atoms with Crippen LogP contribution in [0.2, 0.25) is 0 Å². The molecule has 5 rings (SSSR count). The lowest BCUT2D eigenvalue weighted by Crippen LogP contribution is -2.21. The van der Waals surface area contributed by atoms with E-state index in [9.17, 15) is 18.9 Å². The van der Waals surface area contributed by atoms with E-state index in [0.717, 1.165) is 16.3 Å². The van der Waals surface area contributed by atoms with Crippen LogP contribution >= 0.6 is 0 Å². The molecule has 248 valence electrons. The number of aromatic carboxylic acids is 1. The van der Waals surface area contributed by atoms with Gasteiger partial charge in [0, 0.05) is 41.0 Å². The van der Waals surface area contributed by atoms with Crippen LogP contribution in [0, 0.1) is 0 Å². The lowest BCUT2D eigenvalue weighted by Gasteiger charge is -2.24. The van der Waals surface area contributed by atoms with Crippen LogP contribution in [0.25, 0.3) is 10.8 Å². The third kappa shape index (κ3) is 7.76. The number of carbonyl (C=O) groups is 2. The van der Waals surface area contributed by atoms with Crippen molar-refractivity contribution >= 4 is 62.3 Å². The maximum absolute atomic E-state index is 13.4. The Morgan fingerprint density at radius 2 is 1.58 bits per heavy atom. The molecule has 0 saturated heterocycles. The Morgan fingerprint density at radius 3 is 2.25 bits per heavy atom. The average Bonchev–Trinajstić information content (AvgIpc) is 3.01. The highest BCUT2D eigenvalue weighted by Gasteiger charge is 2.22. The SMILES string of the molecule is COc1c(NC(=O)Nc2ccc(Oc3ccnc(Nc4ccc(C(=O)O)c(O)c4)c3)c3ccccc23)cc(C(C)(C)C)cc1NS(C)=O. The Hall–Kier alpha value is -5.82. The van der Waals surface area contributed by atoms with Crippen LogP contribution in [-0.2, 0) is 16.4 Å². The van der Waals surface area contributed by atoms with Crippen molar-refractivity contribution in [3.8, 4) is 23.0 Å². The Balaban J connectivity index is 1.38. The van der Waals surface area contributed by atoms with Gasteiger partial charge in [-0.25, -0.2) is 18.8 Å². The molecule has 0 fully saturated rings. The van der Waals surface area contributed by atoms with Crippen molar-refractivity contribution in [1.29, 1.82) is 0 Å². The molecule has 0 spiro atoms. The second-order valence-electron chi connectivity index (χ2n) is 11.8. The molecule has 0 aliphatic heterocycles. The molecule has 1 aromatic heterocycles. The number of urea groups is 1. The molecule has 48 heavy (non-hydrogen) atoms. The lowest BCUT2D eigenvalue weighted by molar-refractivity contribution is 0.0693. The molecule has 5 aromatic rings. The standard InChI is InChI=1S/C35H35N5O7S/c1-35(2,3)20-16-27(32(46-4)28(17-20)40-48(5)45)39-34(44)38-26-12-13-30(24-9-7-6-8-23(24)26)47-22-14-15-36-31(19-22)37-21-10-11-25(33(42)43)29(41)18-21/h6-19,40-41H,1-5H3,(H,36,37)(H,42,43)(H2,38,39,44). The zero-order valence-electron chi connectivity index (χ0n) is 26.9. The molecule has 2 amide bonds. The van der Waals surface area contributed by atoms with E-state index in [1.54, 1.807) is 30.5 Å². The highest BCUT2D eigenvalue weighted by atomic mass is 32.2. The van der Waals surface area contributed by atoms with E-state index in [-0.39, 0.29) is 16.7 Å².